The van der Waals surface area contributed by atoms with Crippen LogP contribution >= 0.6 is 11.6 Å². The smallest absolute Gasteiger partial charge is 0.331 e. The second kappa shape index (κ2) is 6.95. The predicted octanol–water partition coefficient (Wildman–Crippen LogP) is 3.25. The number of halogens is 1. The van der Waals surface area contributed by atoms with Crippen LogP contribution in [0.2, 0.25) is 5.02 Å². The van der Waals surface area contributed by atoms with Crippen LogP contribution in [-0.2, 0) is 14.3 Å². The highest BCUT2D eigenvalue weighted by atomic mass is 35.5. The van der Waals surface area contributed by atoms with Gasteiger partial charge in [0.2, 0.25) is 0 Å². The van der Waals surface area contributed by atoms with Crippen LogP contribution in [0, 0.1) is 0 Å². The SMILES string of the molecule is CCOC(=O)C(Nc1ccc(Cl)cc1)C1CCC(C)O1. The van der Waals surface area contributed by atoms with Crippen molar-refractivity contribution >= 4 is 23.3 Å². The average molecular weight is 298 g/mol. The standard InChI is InChI=1S/C15H20ClNO3/c1-3-19-15(18)14(13-9-4-10(2)20-13)17-12-7-5-11(16)6-8-12/h5-8,10,13-14,17H,3-4,9H2,1-2H3. The van der Waals surface area contributed by atoms with Crippen molar-refractivity contribution in [3.05, 3.63) is 29.3 Å². The number of carbonyl (C=O) groups excluding carboxylic acids is 1. The zero-order valence-electron chi connectivity index (χ0n) is 11.8. The van der Waals surface area contributed by atoms with Crippen LogP contribution in [0.4, 0.5) is 5.69 Å². The molecule has 0 amide bonds. The molecule has 1 aromatic rings. The minimum atomic E-state index is -0.485. The molecule has 3 atom stereocenters. The molecule has 1 aliphatic rings. The van der Waals surface area contributed by atoms with Crippen molar-refractivity contribution in [2.45, 2.75) is 44.9 Å². The Morgan fingerprint density at radius 2 is 2.15 bits per heavy atom. The lowest BCUT2D eigenvalue weighted by atomic mass is 10.1. The molecule has 1 aromatic carbocycles. The highest BCUT2D eigenvalue weighted by Gasteiger charge is 2.35. The summed E-state index contributed by atoms with van der Waals surface area (Å²) in [6.07, 6.45) is 1.84. The summed E-state index contributed by atoms with van der Waals surface area (Å²) < 4.78 is 10.9. The van der Waals surface area contributed by atoms with E-state index >= 15 is 0 Å². The number of rotatable bonds is 5. The summed E-state index contributed by atoms with van der Waals surface area (Å²) in [4.78, 5) is 12.1. The Morgan fingerprint density at radius 3 is 2.70 bits per heavy atom. The number of hydrogen-bond donors (Lipinski definition) is 1. The molecule has 3 unspecified atom stereocenters. The van der Waals surface area contributed by atoms with Crippen molar-refractivity contribution in [1.29, 1.82) is 0 Å². The van der Waals surface area contributed by atoms with Crippen LogP contribution in [0.5, 0.6) is 0 Å². The van der Waals surface area contributed by atoms with Gasteiger partial charge < -0.3 is 14.8 Å². The van der Waals surface area contributed by atoms with Crippen LogP contribution in [0.15, 0.2) is 24.3 Å². The average Bonchev–Trinajstić information content (AvgIpc) is 2.84. The summed E-state index contributed by atoms with van der Waals surface area (Å²) in [7, 11) is 0. The Kier molecular flexibility index (Phi) is 5.26. The van der Waals surface area contributed by atoms with E-state index in [0.717, 1.165) is 18.5 Å². The molecular formula is C15H20ClNO3. The number of carbonyl (C=O) groups is 1. The molecule has 0 saturated carbocycles. The van der Waals surface area contributed by atoms with Crippen molar-refractivity contribution in [3.8, 4) is 0 Å². The molecule has 110 valence electrons. The first kappa shape index (κ1) is 15.1. The van der Waals surface area contributed by atoms with Crippen LogP contribution in [0.1, 0.15) is 26.7 Å². The first-order valence-corrected chi connectivity index (χ1v) is 7.32. The number of hydrogen-bond acceptors (Lipinski definition) is 4. The van der Waals surface area contributed by atoms with E-state index in [1.54, 1.807) is 19.1 Å². The van der Waals surface area contributed by atoms with Crippen LogP contribution in [0.3, 0.4) is 0 Å². The van der Waals surface area contributed by atoms with Gasteiger partial charge in [0.15, 0.2) is 6.04 Å². The van der Waals surface area contributed by atoms with Gasteiger partial charge in [-0.2, -0.15) is 0 Å². The van der Waals surface area contributed by atoms with Gasteiger partial charge in [0.1, 0.15) is 0 Å². The minimum Gasteiger partial charge on any atom is -0.464 e. The van der Waals surface area contributed by atoms with E-state index in [2.05, 4.69) is 5.32 Å². The fourth-order valence-corrected chi connectivity index (χ4v) is 2.47. The number of benzene rings is 1. The zero-order valence-corrected chi connectivity index (χ0v) is 12.5. The van der Waals surface area contributed by atoms with E-state index in [1.807, 2.05) is 19.1 Å². The molecule has 1 N–H and O–H groups in total. The van der Waals surface area contributed by atoms with E-state index in [0.29, 0.717) is 11.6 Å². The molecule has 2 rings (SSSR count). The van der Waals surface area contributed by atoms with E-state index in [-0.39, 0.29) is 18.2 Å². The maximum atomic E-state index is 12.1. The molecule has 1 saturated heterocycles. The van der Waals surface area contributed by atoms with Gasteiger partial charge in [-0.3, -0.25) is 0 Å². The first-order valence-electron chi connectivity index (χ1n) is 6.94. The minimum absolute atomic E-state index is 0.153. The fraction of sp³-hybridized carbons (Fsp3) is 0.533. The molecule has 1 heterocycles. The molecule has 4 nitrogen and oxygen atoms in total. The normalized spacial score (nSPS) is 23.4. The Labute approximate surface area is 124 Å². The molecule has 0 radical (unpaired) electrons. The molecule has 0 aromatic heterocycles. The maximum Gasteiger partial charge on any atom is 0.331 e. The van der Waals surface area contributed by atoms with Gasteiger partial charge in [-0.1, -0.05) is 11.6 Å². The van der Waals surface area contributed by atoms with Gasteiger partial charge in [-0.05, 0) is 51.0 Å². The first-order chi connectivity index (χ1) is 9.60. The largest absolute Gasteiger partial charge is 0.464 e. The number of ether oxygens (including phenoxy) is 2. The van der Waals surface area contributed by atoms with Gasteiger partial charge in [-0.25, -0.2) is 4.79 Å². The Hall–Kier alpha value is -1.26. The van der Waals surface area contributed by atoms with Crippen LogP contribution < -0.4 is 5.32 Å². The summed E-state index contributed by atoms with van der Waals surface area (Å²) in [6.45, 7) is 4.18. The van der Waals surface area contributed by atoms with Gasteiger partial charge in [0.25, 0.3) is 0 Å². The summed E-state index contributed by atoms with van der Waals surface area (Å²) in [5.41, 5.74) is 0.829. The fourth-order valence-electron chi connectivity index (χ4n) is 2.34. The summed E-state index contributed by atoms with van der Waals surface area (Å²) in [5.74, 6) is -0.276. The van der Waals surface area contributed by atoms with Gasteiger partial charge in [-0.15, -0.1) is 0 Å². The summed E-state index contributed by atoms with van der Waals surface area (Å²) in [6, 6.07) is 6.76. The van der Waals surface area contributed by atoms with E-state index in [9.17, 15) is 4.79 Å². The lowest BCUT2D eigenvalue weighted by Crippen LogP contribution is -2.42. The van der Waals surface area contributed by atoms with Gasteiger partial charge in [0, 0.05) is 10.7 Å². The molecule has 20 heavy (non-hydrogen) atoms. The number of anilines is 1. The second-order valence-corrected chi connectivity index (χ2v) is 5.38. The van der Waals surface area contributed by atoms with Crippen molar-refractivity contribution in [2.24, 2.45) is 0 Å². The topological polar surface area (TPSA) is 47.6 Å². The van der Waals surface area contributed by atoms with Crippen molar-refractivity contribution < 1.29 is 14.3 Å². The molecule has 1 fully saturated rings. The molecule has 0 bridgehead atoms. The summed E-state index contributed by atoms with van der Waals surface area (Å²) in [5, 5.41) is 3.86. The Bertz CT molecular complexity index is 449. The summed E-state index contributed by atoms with van der Waals surface area (Å²) >= 11 is 5.86. The third kappa shape index (κ3) is 3.87. The molecule has 1 aliphatic heterocycles. The molecular weight excluding hydrogens is 278 g/mol. The maximum absolute atomic E-state index is 12.1. The van der Waals surface area contributed by atoms with Crippen LogP contribution in [0.25, 0.3) is 0 Å². The van der Waals surface area contributed by atoms with Crippen molar-refractivity contribution in [2.75, 3.05) is 11.9 Å². The zero-order chi connectivity index (χ0) is 14.5. The van der Waals surface area contributed by atoms with Crippen molar-refractivity contribution in [3.63, 3.8) is 0 Å². The van der Waals surface area contributed by atoms with E-state index in [4.69, 9.17) is 21.1 Å². The third-order valence-electron chi connectivity index (χ3n) is 3.34. The second-order valence-electron chi connectivity index (χ2n) is 4.94. The predicted molar refractivity (Wildman–Crippen MR) is 79.1 cm³/mol. The Morgan fingerprint density at radius 1 is 1.45 bits per heavy atom. The molecule has 0 spiro atoms. The Balaban J connectivity index is 2.09. The highest BCUT2D eigenvalue weighted by molar-refractivity contribution is 6.30. The van der Waals surface area contributed by atoms with Crippen molar-refractivity contribution in [1.82, 2.24) is 0 Å². The lowest BCUT2D eigenvalue weighted by Gasteiger charge is -2.24. The lowest BCUT2D eigenvalue weighted by molar-refractivity contribution is -0.147. The number of esters is 1. The quantitative estimate of drug-likeness (QED) is 0.848. The molecule has 0 aliphatic carbocycles. The van der Waals surface area contributed by atoms with E-state index in [1.165, 1.54) is 0 Å². The van der Waals surface area contributed by atoms with Crippen LogP contribution in [-0.4, -0.2) is 30.8 Å². The van der Waals surface area contributed by atoms with Gasteiger partial charge in [0.05, 0.1) is 18.8 Å². The van der Waals surface area contributed by atoms with E-state index < -0.39 is 6.04 Å². The highest BCUT2D eigenvalue weighted by Crippen LogP contribution is 2.25. The third-order valence-corrected chi connectivity index (χ3v) is 3.60. The number of nitrogens with one attached hydrogen (secondary N) is 1. The monoisotopic (exact) mass is 297 g/mol. The van der Waals surface area contributed by atoms with Gasteiger partial charge >= 0.3 is 5.97 Å². The molecule has 5 heteroatoms.